The summed E-state index contributed by atoms with van der Waals surface area (Å²) in [6, 6.07) is 7.97. The lowest BCUT2D eigenvalue weighted by atomic mass is 9.93. The second kappa shape index (κ2) is 7.46. The van der Waals surface area contributed by atoms with Crippen LogP contribution in [0.3, 0.4) is 0 Å². The van der Waals surface area contributed by atoms with E-state index in [-0.39, 0.29) is 5.91 Å². The van der Waals surface area contributed by atoms with Crippen molar-refractivity contribution in [2.24, 2.45) is 5.92 Å². The molecule has 21 heavy (non-hydrogen) atoms. The minimum Gasteiger partial charge on any atom is -0.496 e. The number of nitrogens with one attached hydrogen (secondary N) is 1. The van der Waals surface area contributed by atoms with Gasteiger partial charge in [-0.3, -0.25) is 4.79 Å². The van der Waals surface area contributed by atoms with E-state index in [9.17, 15) is 4.79 Å². The molecular formula is C17H26N2O2. The first-order valence-corrected chi connectivity index (χ1v) is 7.83. The molecule has 1 saturated heterocycles. The van der Waals surface area contributed by atoms with E-state index in [4.69, 9.17) is 4.74 Å². The molecule has 1 amide bonds. The first kappa shape index (κ1) is 15.8. The molecule has 0 spiro atoms. The van der Waals surface area contributed by atoms with Crippen molar-refractivity contribution in [3.63, 3.8) is 0 Å². The number of para-hydroxylation sites is 1. The predicted molar refractivity (Wildman–Crippen MR) is 84.8 cm³/mol. The number of nitrogens with zero attached hydrogens (tertiary/aromatic N) is 1. The highest BCUT2D eigenvalue weighted by atomic mass is 16.5. The summed E-state index contributed by atoms with van der Waals surface area (Å²) in [7, 11) is 1.61. The SMILES string of the molecule is CCCNC1CCN(C(=O)c2ccccc2OC)CC1C. The molecule has 2 rings (SSSR count). The van der Waals surface area contributed by atoms with Gasteiger partial charge in [0.25, 0.3) is 5.91 Å². The van der Waals surface area contributed by atoms with Gasteiger partial charge in [0, 0.05) is 19.1 Å². The number of benzene rings is 1. The third-order valence-corrected chi connectivity index (χ3v) is 4.19. The molecule has 0 bridgehead atoms. The van der Waals surface area contributed by atoms with Crippen LogP contribution in [0.1, 0.15) is 37.0 Å². The molecule has 0 radical (unpaired) electrons. The van der Waals surface area contributed by atoms with Gasteiger partial charge in [-0.2, -0.15) is 0 Å². The zero-order chi connectivity index (χ0) is 15.2. The van der Waals surface area contributed by atoms with Crippen LogP contribution < -0.4 is 10.1 Å². The third kappa shape index (κ3) is 3.76. The monoisotopic (exact) mass is 290 g/mol. The molecule has 2 unspecified atom stereocenters. The Hall–Kier alpha value is -1.55. The first-order chi connectivity index (χ1) is 10.2. The lowest BCUT2D eigenvalue weighted by Gasteiger charge is -2.37. The van der Waals surface area contributed by atoms with Crippen molar-refractivity contribution in [2.75, 3.05) is 26.7 Å². The van der Waals surface area contributed by atoms with Crippen molar-refractivity contribution in [3.05, 3.63) is 29.8 Å². The van der Waals surface area contributed by atoms with Crippen LogP contribution in [0.2, 0.25) is 0 Å². The van der Waals surface area contributed by atoms with Crippen LogP contribution in [-0.2, 0) is 0 Å². The molecule has 0 saturated carbocycles. The quantitative estimate of drug-likeness (QED) is 0.906. The molecule has 2 atom stereocenters. The molecule has 4 nitrogen and oxygen atoms in total. The second-order valence-electron chi connectivity index (χ2n) is 5.78. The molecule has 1 aliphatic heterocycles. The Bertz CT molecular complexity index is 476. The van der Waals surface area contributed by atoms with Gasteiger partial charge in [0.15, 0.2) is 0 Å². The summed E-state index contributed by atoms with van der Waals surface area (Å²) < 4.78 is 5.30. The average molecular weight is 290 g/mol. The molecule has 1 aliphatic rings. The molecule has 1 fully saturated rings. The van der Waals surface area contributed by atoms with Crippen molar-refractivity contribution >= 4 is 5.91 Å². The molecule has 1 heterocycles. The molecule has 1 N–H and O–H groups in total. The van der Waals surface area contributed by atoms with Crippen LogP contribution in [-0.4, -0.2) is 43.6 Å². The van der Waals surface area contributed by atoms with Crippen LogP contribution >= 0.6 is 0 Å². The average Bonchev–Trinajstić information content (AvgIpc) is 2.53. The standard InChI is InChI=1S/C17H26N2O2/c1-4-10-18-15-9-11-19(12-13(15)2)17(20)14-7-5-6-8-16(14)21-3/h5-8,13,15,18H,4,9-12H2,1-3H3. The second-order valence-corrected chi connectivity index (χ2v) is 5.78. The molecule has 0 aliphatic carbocycles. The number of piperidine rings is 1. The Labute approximate surface area is 127 Å². The Morgan fingerprint density at radius 3 is 2.86 bits per heavy atom. The number of ether oxygens (including phenoxy) is 1. The number of rotatable bonds is 5. The zero-order valence-corrected chi connectivity index (χ0v) is 13.3. The van der Waals surface area contributed by atoms with Crippen molar-refractivity contribution in [2.45, 2.75) is 32.7 Å². The van der Waals surface area contributed by atoms with E-state index in [2.05, 4.69) is 19.2 Å². The lowest BCUT2D eigenvalue weighted by Crippen LogP contribution is -2.50. The number of likely N-dealkylation sites (tertiary alicyclic amines) is 1. The van der Waals surface area contributed by atoms with Gasteiger partial charge < -0.3 is 15.0 Å². The van der Waals surface area contributed by atoms with Gasteiger partial charge in [-0.1, -0.05) is 26.0 Å². The number of hydrogen-bond donors (Lipinski definition) is 1. The summed E-state index contributed by atoms with van der Waals surface area (Å²) in [5, 5.41) is 3.58. The van der Waals surface area contributed by atoms with Crippen LogP contribution in [0.4, 0.5) is 0 Å². The highest BCUT2D eigenvalue weighted by Gasteiger charge is 2.29. The maximum Gasteiger partial charge on any atom is 0.257 e. The van der Waals surface area contributed by atoms with E-state index in [1.54, 1.807) is 7.11 Å². The van der Waals surface area contributed by atoms with Crippen molar-refractivity contribution in [1.82, 2.24) is 10.2 Å². The summed E-state index contributed by atoms with van der Waals surface area (Å²) in [6.07, 6.45) is 2.16. The topological polar surface area (TPSA) is 41.6 Å². The number of amides is 1. The zero-order valence-electron chi connectivity index (χ0n) is 13.3. The maximum absolute atomic E-state index is 12.7. The highest BCUT2D eigenvalue weighted by Crippen LogP contribution is 2.23. The van der Waals surface area contributed by atoms with E-state index < -0.39 is 0 Å². The molecule has 4 heteroatoms. The van der Waals surface area contributed by atoms with E-state index >= 15 is 0 Å². The smallest absolute Gasteiger partial charge is 0.257 e. The number of carbonyl (C=O) groups is 1. The Kier molecular flexibility index (Phi) is 5.62. The third-order valence-electron chi connectivity index (χ3n) is 4.19. The summed E-state index contributed by atoms with van der Waals surface area (Å²) in [4.78, 5) is 14.6. The summed E-state index contributed by atoms with van der Waals surface area (Å²) in [5.41, 5.74) is 0.659. The van der Waals surface area contributed by atoms with Gasteiger partial charge in [-0.15, -0.1) is 0 Å². The van der Waals surface area contributed by atoms with Crippen molar-refractivity contribution in [3.8, 4) is 5.75 Å². The minimum absolute atomic E-state index is 0.0771. The van der Waals surface area contributed by atoms with Crippen molar-refractivity contribution < 1.29 is 9.53 Å². The summed E-state index contributed by atoms with van der Waals surface area (Å²) in [5.74, 6) is 1.21. The van der Waals surface area contributed by atoms with Crippen molar-refractivity contribution in [1.29, 1.82) is 0 Å². The maximum atomic E-state index is 12.7. The van der Waals surface area contributed by atoms with E-state index in [1.165, 1.54) is 0 Å². The van der Waals surface area contributed by atoms with E-state index in [0.29, 0.717) is 23.3 Å². The highest BCUT2D eigenvalue weighted by molar-refractivity contribution is 5.97. The fraction of sp³-hybridized carbons (Fsp3) is 0.588. The lowest BCUT2D eigenvalue weighted by molar-refractivity contribution is 0.0642. The predicted octanol–water partition coefficient (Wildman–Crippen LogP) is 2.55. The van der Waals surface area contributed by atoms with Gasteiger partial charge in [0.2, 0.25) is 0 Å². The van der Waals surface area contributed by atoms with Gasteiger partial charge in [0.05, 0.1) is 12.7 Å². The van der Waals surface area contributed by atoms with E-state index in [0.717, 1.165) is 32.5 Å². The Morgan fingerprint density at radius 2 is 2.19 bits per heavy atom. The van der Waals surface area contributed by atoms with Gasteiger partial charge in [-0.25, -0.2) is 0 Å². The molecule has 1 aromatic rings. The fourth-order valence-corrected chi connectivity index (χ4v) is 2.95. The normalized spacial score (nSPS) is 22.1. The molecule has 116 valence electrons. The van der Waals surface area contributed by atoms with Crippen LogP contribution in [0.5, 0.6) is 5.75 Å². The molecule has 0 aromatic heterocycles. The fourth-order valence-electron chi connectivity index (χ4n) is 2.95. The number of hydrogen-bond acceptors (Lipinski definition) is 3. The Balaban J connectivity index is 2.02. The van der Waals surface area contributed by atoms with Crippen LogP contribution in [0, 0.1) is 5.92 Å². The van der Waals surface area contributed by atoms with E-state index in [1.807, 2.05) is 29.2 Å². The summed E-state index contributed by atoms with van der Waals surface area (Å²) in [6.45, 7) is 7.06. The number of carbonyl (C=O) groups excluding carboxylic acids is 1. The molecular weight excluding hydrogens is 264 g/mol. The largest absolute Gasteiger partial charge is 0.496 e. The van der Waals surface area contributed by atoms with Gasteiger partial charge in [-0.05, 0) is 37.4 Å². The van der Waals surface area contributed by atoms with Crippen LogP contribution in [0.25, 0.3) is 0 Å². The summed E-state index contributed by atoms with van der Waals surface area (Å²) >= 11 is 0. The number of methoxy groups -OCH3 is 1. The minimum atomic E-state index is 0.0771. The first-order valence-electron chi connectivity index (χ1n) is 7.83. The van der Waals surface area contributed by atoms with Gasteiger partial charge in [0.1, 0.15) is 5.75 Å². The van der Waals surface area contributed by atoms with Crippen LogP contribution in [0.15, 0.2) is 24.3 Å². The molecule has 1 aromatic carbocycles. The Morgan fingerprint density at radius 1 is 1.43 bits per heavy atom. The van der Waals surface area contributed by atoms with Gasteiger partial charge >= 0.3 is 0 Å².